The minimum Gasteiger partial charge on any atom is -0.384 e. The lowest BCUT2D eigenvalue weighted by Crippen LogP contribution is -2.54. The predicted molar refractivity (Wildman–Crippen MR) is 263 cm³/mol. The highest BCUT2D eigenvalue weighted by Gasteiger charge is 2.45. The van der Waals surface area contributed by atoms with Gasteiger partial charge in [0.05, 0.1) is 11.1 Å². The molecule has 0 bridgehead atoms. The van der Waals surface area contributed by atoms with Crippen molar-refractivity contribution in [3.05, 3.63) is 116 Å². The smallest absolute Gasteiger partial charge is 0.264 e. The topological polar surface area (TPSA) is 194 Å². The predicted octanol–water partition coefficient (Wildman–Crippen LogP) is 5.62. The highest BCUT2D eigenvalue weighted by Crippen LogP contribution is 2.35. The standard InChI is InChI=1S/C53H64N8O8/c1-5-60(39-19-26-69-27-20-39)45-30-38(29-41(35(45)4)49(64)55-31-42-33(2)28-34(3)56-50(42)65)37-15-13-36(14-16-37)32-58-22-24-59(25-23-58)47(63)12-7-6-8-21-54-43-11-9-10-40-48(43)53(68)61(52(40)67)44-17-18-46(62)57-51(44)66/h9-11,13-16,28-30,39,44,54H,5-8,12,17-27,31-32H2,1-4H3,(H,55,64)(H,56,65)(H,57,62,66). The Morgan fingerprint density at radius 1 is 0.841 bits per heavy atom. The van der Waals surface area contributed by atoms with Crippen molar-refractivity contribution in [1.29, 1.82) is 0 Å². The SMILES string of the molecule is CCN(c1cc(-c2ccc(CN3CCN(C(=O)CCCCCNc4cccc5c4C(=O)N(C4CCC(=O)NC4=O)C5=O)CC3)cc2)cc(C(=O)NCc2c(C)cc(C)[nH]c2=O)c1C)C1CCOCC1. The summed E-state index contributed by atoms with van der Waals surface area (Å²) in [5.74, 6) is -2.22. The van der Waals surface area contributed by atoms with Crippen molar-refractivity contribution in [2.45, 2.75) is 104 Å². The molecule has 3 saturated heterocycles. The molecule has 4 aliphatic rings. The van der Waals surface area contributed by atoms with Crippen LogP contribution in [-0.2, 0) is 32.2 Å². The third-order valence-electron chi connectivity index (χ3n) is 14.1. The first kappa shape index (κ1) is 48.8. The van der Waals surface area contributed by atoms with E-state index in [1.165, 1.54) is 0 Å². The minimum absolute atomic E-state index is 0.0625. The highest BCUT2D eigenvalue weighted by atomic mass is 16.5. The van der Waals surface area contributed by atoms with Gasteiger partial charge in [-0.3, -0.25) is 48.7 Å². The van der Waals surface area contributed by atoms with Crippen LogP contribution in [0.3, 0.4) is 0 Å². The van der Waals surface area contributed by atoms with E-state index in [0.717, 1.165) is 102 Å². The Bertz CT molecular complexity index is 2670. The van der Waals surface area contributed by atoms with Crippen LogP contribution in [0, 0.1) is 20.8 Å². The molecule has 4 N–H and O–H groups in total. The normalized spacial score (nSPS) is 17.8. The van der Waals surface area contributed by atoms with Crippen LogP contribution in [0.25, 0.3) is 11.1 Å². The monoisotopic (exact) mass is 940 g/mol. The fourth-order valence-corrected chi connectivity index (χ4v) is 10.2. The summed E-state index contributed by atoms with van der Waals surface area (Å²) in [5, 5.41) is 8.55. The van der Waals surface area contributed by atoms with Crippen molar-refractivity contribution >= 4 is 46.8 Å². The third-order valence-corrected chi connectivity index (χ3v) is 14.1. The van der Waals surface area contributed by atoms with Gasteiger partial charge in [0.2, 0.25) is 17.7 Å². The molecule has 1 unspecified atom stereocenters. The molecule has 0 saturated carbocycles. The Morgan fingerprint density at radius 2 is 1.59 bits per heavy atom. The maximum atomic E-state index is 14.0. The van der Waals surface area contributed by atoms with Gasteiger partial charge in [0, 0.05) is 113 Å². The van der Waals surface area contributed by atoms with Gasteiger partial charge in [0.25, 0.3) is 23.3 Å². The van der Waals surface area contributed by atoms with Gasteiger partial charge in [-0.15, -0.1) is 0 Å². The number of fused-ring (bicyclic) bond motifs is 1. The van der Waals surface area contributed by atoms with Crippen LogP contribution in [0.4, 0.5) is 11.4 Å². The second-order valence-electron chi connectivity index (χ2n) is 18.7. The Hall–Kier alpha value is -6.65. The first-order valence-electron chi connectivity index (χ1n) is 24.5. The number of aromatic amines is 1. The summed E-state index contributed by atoms with van der Waals surface area (Å²) in [6.07, 6.45) is 4.74. The zero-order chi connectivity index (χ0) is 48.8. The number of nitrogens with one attached hydrogen (secondary N) is 4. The number of unbranched alkanes of at least 4 members (excludes halogenated alkanes) is 2. The second kappa shape index (κ2) is 21.8. The van der Waals surface area contributed by atoms with Crippen molar-refractivity contribution < 1.29 is 33.5 Å². The molecule has 16 heteroatoms. The molecule has 364 valence electrons. The van der Waals surface area contributed by atoms with E-state index < -0.39 is 29.7 Å². The number of amides is 6. The van der Waals surface area contributed by atoms with Crippen LogP contribution in [0.2, 0.25) is 0 Å². The van der Waals surface area contributed by atoms with Crippen LogP contribution in [0.5, 0.6) is 0 Å². The lowest BCUT2D eigenvalue weighted by atomic mass is 9.94. The maximum absolute atomic E-state index is 14.0. The number of carbonyl (C=O) groups excluding carboxylic acids is 6. The van der Waals surface area contributed by atoms with Crippen LogP contribution in [0.15, 0.2) is 65.5 Å². The number of piperidine rings is 1. The van der Waals surface area contributed by atoms with E-state index in [-0.39, 0.29) is 47.9 Å². The summed E-state index contributed by atoms with van der Waals surface area (Å²) in [5.41, 5.74) is 8.58. The summed E-state index contributed by atoms with van der Waals surface area (Å²) >= 11 is 0. The molecule has 8 rings (SSSR count). The number of ether oxygens (including phenoxy) is 1. The summed E-state index contributed by atoms with van der Waals surface area (Å²) in [6.45, 7) is 14.4. The van der Waals surface area contributed by atoms with E-state index in [1.54, 1.807) is 18.2 Å². The van der Waals surface area contributed by atoms with Crippen LogP contribution < -0.4 is 26.4 Å². The van der Waals surface area contributed by atoms with E-state index in [0.29, 0.717) is 62.1 Å². The molecular formula is C53H64N8O8. The third kappa shape index (κ3) is 11.0. The molecule has 3 fully saturated rings. The quantitative estimate of drug-likeness (QED) is 0.0759. The van der Waals surface area contributed by atoms with Crippen molar-refractivity contribution in [1.82, 2.24) is 30.3 Å². The van der Waals surface area contributed by atoms with Gasteiger partial charge in [-0.05, 0) is 118 Å². The summed E-state index contributed by atoms with van der Waals surface area (Å²) in [6, 6.07) is 18.9. The number of aromatic nitrogens is 1. The van der Waals surface area contributed by atoms with E-state index >= 15 is 0 Å². The molecule has 6 amide bonds. The van der Waals surface area contributed by atoms with Gasteiger partial charge in [0.1, 0.15) is 6.04 Å². The van der Waals surface area contributed by atoms with E-state index in [1.807, 2.05) is 37.8 Å². The number of anilines is 2. The van der Waals surface area contributed by atoms with E-state index in [4.69, 9.17) is 4.74 Å². The molecule has 4 aliphatic heterocycles. The fraction of sp³-hybridized carbons (Fsp3) is 0.453. The lowest BCUT2D eigenvalue weighted by Gasteiger charge is -2.37. The van der Waals surface area contributed by atoms with Gasteiger partial charge in [-0.25, -0.2) is 0 Å². The van der Waals surface area contributed by atoms with Gasteiger partial charge in [-0.1, -0.05) is 36.8 Å². The first-order chi connectivity index (χ1) is 33.3. The molecule has 1 atom stereocenters. The Kier molecular flexibility index (Phi) is 15.4. The Labute approximate surface area is 403 Å². The molecule has 4 aromatic rings. The molecule has 0 radical (unpaired) electrons. The minimum atomic E-state index is -1.02. The molecule has 16 nitrogen and oxygen atoms in total. The fourth-order valence-electron chi connectivity index (χ4n) is 10.2. The molecular weight excluding hydrogens is 877 g/mol. The zero-order valence-electron chi connectivity index (χ0n) is 40.2. The number of rotatable bonds is 17. The number of H-pyrrole nitrogens is 1. The molecule has 5 heterocycles. The van der Waals surface area contributed by atoms with Crippen molar-refractivity contribution in [3.63, 3.8) is 0 Å². The van der Waals surface area contributed by atoms with Crippen molar-refractivity contribution in [2.24, 2.45) is 0 Å². The molecule has 69 heavy (non-hydrogen) atoms. The lowest BCUT2D eigenvalue weighted by molar-refractivity contribution is -0.136. The van der Waals surface area contributed by atoms with Crippen molar-refractivity contribution in [3.8, 4) is 11.1 Å². The van der Waals surface area contributed by atoms with E-state index in [2.05, 4.69) is 68.0 Å². The van der Waals surface area contributed by atoms with Gasteiger partial charge in [0.15, 0.2) is 0 Å². The maximum Gasteiger partial charge on any atom is 0.264 e. The number of pyridine rings is 1. The van der Waals surface area contributed by atoms with Crippen LogP contribution in [-0.4, -0.2) is 120 Å². The zero-order valence-corrected chi connectivity index (χ0v) is 40.2. The summed E-state index contributed by atoms with van der Waals surface area (Å²) in [4.78, 5) is 101. The largest absolute Gasteiger partial charge is 0.384 e. The number of benzene rings is 3. The molecule has 3 aromatic carbocycles. The molecule has 1 aromatic heterocycles. The molecule has 0 aliphatic carbocycles. The number of hydrogen-bond acceptors (Lipinski definition) is 11. The van der Waals surface area contributed by atoms with Gasteiger partial charge in [-0.2, -0.15) is 0 Å². The van der Waals surface area contributed by atoms with Gasteiger partial charge < -0.3 is 30.2 Å². The number of carbonyl (C=O) groups is 6. The second-order valence-corrected chi connectivity index (χ2v) is 18.7. The number of imide groups is 2. The number of hydrogen-bond donors (Lipinski definition) is 4. The average Bonchev–Trinajstić information content (AvgIpc) is 3.59. The summed E-state index contributed by atoms with van der Waals surface area (Å²) < 4.78 is 5.70. The molecule has 0 spiro atoms. The summed E-state index contributed by atoms with van der Waals surface area (Å²) in [7, 11) is 0. The highest BCUT2D eigenvalue weighted by molar-refractivity contribution is 6.25. The Morgan fingerprint density at radius 3 is 2.30 bits per heavy atom. The number of piperazine rings is 1. The van der Waals surface area contributed by atoms with Crippen molar-refractivity contribution in [2.75, 3.05) is 62.7 Å². The number of nitrogens with zero attached hydrogens (tertiary/aromatic N) is 4. The van der Waals surface area contributed by atoms with Crippen LogP contribution in [0.1, 0.15) is 117 Å². The average molecular weight is 941 g/mol. The number of aryl methyl sites for hydroxylation is 2. The van der Waals surface area contributed by atoms with Gasteiger partial charge >= 0.3 is 0 Å². The Balaban J connectivity index is 0.820. The van der Waals surface area contributed by atoms with Crippen LogP contribution >= 0.6 is 0 Å². The van der Waals surface area contributed by atoms with E-state index in [9.17, 15) is 33.6 Å². The first-order valence-corrected chi connectivity index (χ1v) is 24.5.